The van der Waals surface area contributed by atoms with Crippen LogP contribution >= 0.6 is 0 Å². The number of pyridine rings is 1. The Kier molecular flexibility index (Phi) is 4.93. The molecule has 3 N–H and O–H groups in total. The number of nitrogens with one attached hydrogen (secondary N) is 1. The molecule has 0 aliphatic rings. The van der Waals surface area contributed by atoms with Gasteiger partial charge < -0.3 is 15.8 Å². The van der Waals surface area contributed by atoms with Crippen molar-refractivity contribution in [2.45, 2.75) is 6.54 Å². The van der Waals surface area contributed by atoms with Gasteiger partial charge >= 0.3 is 0 Å². The molecule has 0 bridgehead atoms. The highest BCUT2D eigenvalue weighted by Crippen LogP contribution is 2.22. The van der Waals surface area contributed by atoms with Gasteiger partial charge in [0.15, 0.2) is 0 Å². The highest BCUT2D eigenvalue weighted by atomic mass is 16.5. The molecule has 5 nitrogen and oxygen atoms in total. The molecule has 1 heterocycles. The van der Waals surface area contributed by atoms with Crippen molar-refractivity contribution in [3.05, 3.63) is 66.5 Å². The molecule has 0 aliphatic heterocycles. The number of carbonyl (C=O) groups excluding carboxylic acids is 1. The molecule has 108 valence electrons. The van der Waals surface area contributed by atoms with Crippen molar-refractivity contribution >= 4 is 11.6 Å². The molecule has 1 aromatic heterocycles. The van der Waals surface area contributed by atoms with Crippen LogP contribution < -0.4 is 15.8 Å². The zero-order valence-corrected chi connectivity index (χ0v) is 11.6. The number of carbonyl (C=O) groups is 1. The van der Waals surface area contributed by atoms with Crippen molar-refractivity contribution in [2.75, 3.05) is 12.3 Å². The topological polar surface area (TPSA) is 77.2 Å². The van der Waals surface area contributed by atoms with Gasteiger partial charge in [-0.15, -0.1) is 0 Å². The monoisotopic (exact) mass is 283 g/mol. The molecule has 0 saturated carbocycles. The number of aromatic nitrogens is 1. The lowest BCUT2D eigenvalue weighted by Gasteiger charge is -2.10. The van der Waals surface area contributed by atoms with E-state index < -0.39 is 0 Å². The number of nitrogen functional groups attached to an aromatic ring is 1. The number of anilines is 1. The number of hydrogen-bond donors (Lipinski definition) is 2. The van der Waals surface area contributed by atoms with Crippen LogP contribution in [0, 0.1) is 0 Å². The predicted octanol–water partition coefficient (Wildman–Crippen LogP) is 2.16. The second-order valence-electron chi connectivity index (χ2n) is 4.40. The smallest absolute Gasteiger partial charge is 0.251 e. The Balaban J connectivity index is 2.03. The Bertz CT molecular complexity index is 627. The van der Waals surface area contributed by atoms with E-state index in [-0.39, 0.29) is 5.91 Å². The molecule has 0 radical (unpaired) electrons. The summed E-state index contributed by atoms with van der Waals surface area (Å²) < 4.78 is 5.41. The molecular formula is C16H17N3O2. The maximum atomic E-state index is 12.1. The molecule has 0 aliphatic carbocycles. The quantitative estimate of drug-likeness (QED) is 0.629. The molecule has 0 unspecified atom stereocenters. The third-order valence-corrected chi connectivity index (χ3v) is 2.81. The van der Waals surface area contributed by atoms with Crippen molar-refractivity contribution in [2.24, 2.45) is 0 Å². The SMILES string of the molecule is C=CCOc1cc(C(=O)NCc2cccnc2)ccc1N. The minimum Gasteiger partial charge on any atom is -0.487 e. The number of benzene rings is 1. The summed E-state index contributed by atoms with van der Waals surface area (Å²) in [5.41, 5.74) is 7.71. The average molecular weight is 283 g/mol. The first-order valence-corrected chi connectivity index (χ1v) is 6.51. The Morgan fingerprint density at radius 2 is 2.29 bits per heavy atom. The summed E-state index contributed by atoms with van der Waals surface area (Å²) in [5, 5.41) is 2.82. The van der Waals surface area contributed by atoms with Gasteiger partial charge in [-0.05, 0) is 29.8 Å². The van der Waals surface area contributed by atoms with E-state index >= 15 is 0 Å². The number of rotatable bonds is 6. The molecule has 1 aromatic carbocycles. The van der Waals surface area contributed by atoms with Gasteiger partial charge in [0.1, 0.15) is 12.4 Å². The molecule has 1 amide bonds. The minimum atomic E-state index is -0.192. The van der Waals surface area contributed by atoms with Crippen LogP contribution in [0.3, 0.4) is 0 Å². The zero-order chi connectivity index (χ0) is 15.1. The number of nitrogens with two attached hydrogens (primary N) is 1. The molecule has 2 rings (SSSR count). The highest BCUT2D eigenvalue weighted by molar-refractivity contribution is 5.95. The minimum absolute atomic E-state index is 0.192. The molecule has 0 saturated heterocycles. The second-order valence-corrected chi connectivity index (χ2v) is 4.40. The summed E-state index contributed by atoms with van der Waals surface area (Å²) in [7, 11) is 0. The first-order valence-electron chi connectivity index (χ1n) is 6.51. The molecule has 0 spiro atoms. The second kappa shape index (κ2) is 7.09. The Hall–Kier alpha value is -2.82. The molecular weight excluding hydrogens is 266 g/mol. The van der Waals surface area contributed by atoms with Gasteiger partial charge in [-0.1, -0.05) is 18.7 Å². The normalized spacial score (nSPS) is 9.90. The Morgan fingerprint density at radius 1 is 1.43 bits per heavy atom. The van der Waals surface area contributed by atoms with Crippen LogP contribution in [0.1, 0.15) is 15.9 Å². The van der Waals surface area contributed by atoms with Crippen molar-refractivity contribution < 1.29 is 9.53 Å². The largest absolute Gasteiger partial charge is 0.487 e. The van der Waals surface area contributed by atoms with E-state index in [0.29, 0.717) is 30.2 Å². The lowest BCUT2D eigenvalue weighted by molar-refractivity contribution is 0.0950. The van der Waals surface area contributed by atoms with Gasteiger partial charge in [-0.2, -0.15) is 0 Å². The number of nitrogens with zero attached hydrogens (tertiary/aromatic N) is 1. The lowest BCUT2D eigenvalue weighted by Crippen LogP contribution is -2.22. The van der Waals surface area contributed by atoms with Crippen LogP contribution in [0.25, 0.3) is 0 Å². The molecule has 0 atom stereocenters. The van der Waals surface area contributed by atoms with Crippen LogP contribution in [-0.2, 0) is 6.54 Å². The Morgan fingerprint density at radius 3 is 3.00 bits per heavy atom. The van der Waals surface area contributed by atoms with E-state index in [1.807, 2.05) is 12.1 Å². The summed E-state index contributed by atoms with van der Waals surface area (Å²) >= 11 is 0. The fourth-order valence-corrected chi connectivity index (χ4v) is 1.74. The molecule has 21 heavy (non-hydrogen) atoms. The predicted molar refractivity (Wildman–Crippen MR) is 82.0 cm³/mol. The zero-order valence-electron chi connectivity index (χ0n) is 11.6. The van der Waals surface area contributed by atoms with Gasteiger partial charge in [0.05, 0.1) is 5.69 Å². The van der Waals surface area contributed by atoms with Gasteiger partial charge in [0.2, 0.25) is 0 Å². The van der Waals surface area contributed by atoms with Gasteiger partial charge in [0.25, 0.3) is 5.91 Å². The fourth-order valence-electron chi connectivity index (χ4n) is 1.74. The lowest BCUT2D eigenvalue weighted by atomic mass is 10.1. The fraction of sp³-hybridized carbons (Fsp3) is 0.125. The average Bonchev–Trinajstić information content (AvgIpc) is 2.53. The standard InChI is InChI=1S/C16H17N3O2/c1-2-8-21-15-9-13(5-6-14(15)17)16(20)19-11-12-4-3-7-18-10-12/h2-7,9-10H,1,8,11,17H2,(H,19,20). The van der Waals surface area contributed by atoms with E-state index in [9.17, 15) is 4.79 Å². The van der Waals surface area contributed by atoms with E-state index in [0.717, 1.165) is 5.56 Å². The van der Waals surface area contributed by atoms with E-state index in [1.54, 1.807) is 36.7 Å². The summed E-state index contributed by atoms with van der Waals surface area (Å²) in [6.45, 7) is 4.33. The van der Waals surface area contributed by atoms with Crippen LogP contribution in [-0.4, -0.2) is 17.5 Å². The maximum Gasteiger partial charge on any atom is 0.251 e. The van der Waals surface area contributed by atoms with Crippen LogP contribution in [0.4, 0.5) is 5.69 Å². The first-order chi connectivity index (χ1) is 10.2. The number of hydrogen-bond acceptors (Lipinski definition) is 4. The van der Waals surface area contributed by atoms with E-state index in [2.05, 4.69) is 16.9 Å². The third-order valence-electron chi connectivity index (χ3n) is 2.81. The van der Waals surface area contributed by atoms with E-state index in [1.165, 1.54) is 0 Å². The van der Waals surface area contributed by atoms with Crippen molar-refractivity contribution in [3.8, 4) is 5.75 Å². The first kappa shape index (κ1) is 14.6. The van der Waals surface area contributed by atoms with Gasteiger partial charge in [-0.3, -0.25) is 9.78 Å². The summed E-state index contributed by atoms with van der Waals surface area (Å²) in [5.74, 6) is 0.284. The van der Waals surface area contributed by atoms with Crippen molar-refractivity contribution in [1.82, 2.24) is 10.3 Å². The Labute approximate surface area is 123 Å². The molecule has 5 heteroatoms. The molecule has 2 aromatic rings. The summed E-state index contributed by atoms with van der Waals surface area (Å²) in [4.78, 5) is 16.1. The van der Waals surface area contributed by atoms with Gasteiger partial charge in [-0.25, -0.2) is 0 Å². The maximum absolute atomic E-state index is 12.1. The van der Waals surface area contributed by atoms with Crippen molar-refractivity contribution in [1.29, 1.82) is 0 Å². The molecule has 0 fully saturated rings. The van der Waals surface area contributed by atoms with Crippen LogP contribution in [0.15, 0.2) is 55.4 Å². The third kappa shape index (κ3) is 4.07. The number of amides is 1. The highest BCUT2D eigenvalue weighted by Gasteiger charge is 2.09. The number of ether oxygens (including phenoxy) is 1. The van der Waals surface area contributed by atoms with E-state index in [4.69, 9.17) is 10.5 Å². The van der Waals surface area contributed by atoms with Crippen molar-refractivity contribution in [3.63, 3.8) is 0 Å². The van der Waals surface area contributed by atoms with Gasteiger partial charge in [0, 0.05) is 24.5 Å². The van der Waals surface area contributed by atoms with Crippen LogP contribution in [0.5, 0.6) is 5.75 Å². The van der Waals surface area contributed by atoms with Crippen LogP contribution in [0.2, 0.25) is 0 Å². The summed E-state index contributed by atoms with van der Waals surface area (Å²) in [6, 6.07) is 8.66. The summed E-state index contributed by atoms with van der Waals surface area (Å²) in [6.07, 6.45) is 5.02.